The molecule has 22 heavy (non-hydrogen) atoms. The molecular formula is C17H19N3O2. The molecule has 2 aromatic rings. The maximum atomic E-state index is 12.6. The zero-order valence-corrected chi connectivity index (χ0v) is 12.6. The average Bonchev–Trinajstić information content (AvgIpc) is 3.09. The standard InChI is InChI=1S/C17H19N3O2/c1-19(13-7-9-14(21)10-8-13)17(22)15-5-4-6-16(18-15)20-11-2-3-12-20/h4-10,21H,2-3,11-12H2,1H3. The van der Waals surface area contributed by atoms with E-state index in [0.29, 0.717) is 5.69 Å². The van der Waals surface area contributed by atoms with Crippen LogP contribution in [0.5, 0.6) is 5.75 Å². The van der Waals surface area contributed by atoms with Gasteiger partial charge in [-0.15, -0.1) is 0 Å². The van der Waals surface area contributed by atoms with Crippen molar-refractivity contribution in [2.24, 2.45) is 0 Å². The Morgan fingerprint density at radius 3 is 2.50 bits per heavy atom. The Hall–Kier alpha value is -2.56. The van der Waals surface area contributed by atoms with Gasteiger partial charge in [0.25, 0.3) is 5.91 Å². The van der Waals surface area contributed by atoms with Gasteiger partial charge >= 0.3 is 0 Å². The van der Waals surface area contributed by atoms with Crippen molar-refractivity contribution in [1.29, 1.82) is 0 Å². The van der Waals surface area contributed by atoms with E-state index in [1.54, 1.807) is 37.4 Å². The highest BCUT2D eigenvalue weighted by Gasteiger charge is 2.18. The number of aromatic nitrogens is 1. The summed E-state index contributed by atoms with van der Waals surface area (Å²) in [6.07, 6.45) is 2.35. The van der Waals surface area contributed by atoms with Crippen LogP contribution >= 0.6 is 0 Å². The summed E-state index contributed by atoms with van der Waals surface area (Å²) in [4.78, 5) is 20.8. The van der Waals surface area contributed by atoms with Gasteiger partial charge in [-0.2, -0.15) is 0 Å². The second-order valence-corrected chi connectivity index (χ2v) is 5.46. The summed E-state index contributed by atoms with van der Waals surface area (Å²) >= 11 is 0. The van der Waals surface area contributed by atoms with Gasteiger partial charge in [0.2, 0.25) is 0 Å². The summed E-state index contributed by atoms with van der Waals surface area (Å²) in [5.41, 5.74) is 1.15. The highest BCUT2D eigenvalue weighted by Crippen LogP contribution is 2.21. The summed E-state index contributed by atoms with van der Waals surface area (Å²) in [5, 5.41) is 9.33. The highest BCUT2D eigenvalue weighted by molar-refractivity contribution is 6.04. The first kappa shape index (κ1) is 14.4. The number of phenols is 1. The number of hydrogen-bond donors (Lipinski definition) is 1. The minimum Gasteiger partial charge on any atom is -0.508 e. The number of rotatable bonds is 3. The van der Waals surface area contributed by atoms with Gasteiger partial charge in [0.1, 0.15) is 17.3 Å². The van der Waals surface area contributed by atoms with E-state index in [9.17, 15) is 9.90 Å². The normalized spacial score (nSPS) is 14.1. The third-order valence-corrected chi connectivity index (χ3v) is 3.93. The molecule has 5 nitrogen and oxygen atoms in total. The molecule has 1 aliphatic rings. The summed E-state index contributed by atoms with van der Waals surface area (Å²) in [7, 11) is 1.71. The Balaban J connectivity index is 1.82. The van der Waals surface area contributed by atoms with Crippen LogP contribution in [0.3, 0.4) is 0 Å². The van der Waals surface area contributed by atoms with Crippen LogP contribution in [0.25, 0.3) is 0 Å². The zero-order chi connectivity index (χ0) is 15.5. The van der Waals surface area contributed by atoms with Crippen LogP contribution in [0, 0.1) is 0 Å². The lowest BCUT2D eigenvalue weighted by Gasteiger charge is -2.19. The largest absolute Gasteiger partial charge is 0.508 e. The Morgan fingerprint density at radius 1 is 1.14 bits per heavy atom. The van der Waals surface area contributed by atoms with Crippen molar-refractivity contribution in [3.8, 4) is 5.75 Å². The van der Waals surface area contributed by atoms with E-state index in [-0.39, 0.29) is 11.7 Å². The van der Waals surface area contributed by atoms with E-state index in [4.69, 9.17) is 0 Å². The van der Waals surface area contributed by atoms with Gasteiger partial charge in [-0.25, -0.2) is 4.98 Å². The van der Waals surface area contributed by atoms with Crippen LogP contribution in [0.4, 0.5) is 11.5 Å². The van der Waals surface area contributed by atoms with E-state index in [0.717, 1.165) is 24.6 Å². The molecule has 1 aliphatic heterocycles. The fourth-order valence-electron chi connectivity index (χ4n) is 2.63. The third-order valence-electron chi connectivity index (χ3n) is 3.93. The molecule has 1 aromatic heterocycles. The first-order valence-corrected chi connectivity index (χ1v) is 7.44. The Kier molecular flexibility index (Phi) is 3.96. The maximum Gasteiger partial charge on any atom is 0.276 e. The molecule has 1 N–H and O–H groups in total. The van der Waals surface area contributed by atoms with Gasteiger partial charge in [0, 0.05) is 25.8 Å². The lowest BCUT2D eigenvalue weighted by atomic mass is 10.2. The van der Waals surface area contributed by atoms with Gasteiger partial charge < -0.3 is 14.9 Å². The van der Waals surface area contributed by atoms with Gasteiger partial charge in [-0.3, -0.25) is 4.79 Å². The number of hydrogen-bond acceptors (Lipinski definition) is 4. The number of carbonyl (C=O) groups is 1. The SMILES string of the molecule is CN(C(=O)c1cccc(N2CCCC2)n1)c1ccc(O)cc1. The molecule has 3 rings (SSSR count). The Labute approximate surface area is 129 Å². The number of aromatic hydroxyl groups is 1. The van der Waals surface area contributed by atoms with Crippen molar-refractivity contribution >= 4 is 17.4 Å². The summed E-state index contributed by atoms with van der Waals surface area (Å²) in [6, 6.07) is 12.1. The minimum atomic E-state index is -0.160. The van der Waals surface area contributed by atoms with Crippen LogP contribution in [0.1, 0.15) is 23.3 Å². The van der Waals surface area contributed by atoms with Gasteiger partial charge in [0.05, 0.1) is 0 Å². The fraction of sp³-hybridized carbons (Fsp3) is 0.294. The van der Waals surface area contributed by atoms with Crippen LogP contribution in [-0.2, 0) is 0 Å². The van der Waals surface area contributed by atoms with Crippen LogP contribution < -0.4 is 9.80 Å². The van der Waals surface area contributed by atoms with E-state index in [2.05, 4.69) is 9.88 Å². The average molecular weight is 297 g/mol. The molecular weight excluding hydrogens is 278 g/mol. The summed E-state index contributed by atoms with van der Waals surface area (Å²) < 4.78 is 0. The quantitative estimate of drug-likeness (QED) is 0.946. The Bertz CT molecular complexity index is 664. The lowest BCUT2D eigenvalue weighted by Crippen LogP contribution is -2.28. The van der Waals surface area contributed by atoms with E-state index < -0.39 is 0 Å². The number of anilines is 2. The van der Waals surface area contributed by atoms with Crippen LogP contribution in [-0.4, -0.2) is 36.1 Å². The predicted molar refractivity (Wildman–Crippen MR) is 86.5 cm³/mol. The molecule has 0 atom stereocenters. The van der Waals surface area contributed by atoms with E-state index in [1.807, 2.05) is 12.1 Å². The fourth-order valence-corrected chi connectivity index (χ4v) is 2.63. The molecule has 1 aromatic carbocycles. The number of phenolic OH excluding ortho intramolecular Hbond substituents is 1. The first-order chi connectivity index (χ1) is 10.6. The molecule has 114 valence electrons. The molecule has 0 aliphatic carbocycles. The topological polar surface area (TPSA) is 56.7 Å². The summed E-state index contributed by atoms with van der Waals surface area (Å²) in [5.74, 6) is 0.882. The number of amides is 1. The summed E-state index contributed by atoms with van der Waals surface area (Å²) in [6.45, 7) is 2.00. The predicted octanol–water partition coefficient (Wildman–Crippen LogP) is 2.66. The molecule has 0 radical (unpaired) electrons. The molecule has 1 fully saturated rings. The monoisotopic (exact) mass is 297 g/mol. The molecule has 1 saturated heterocycles. The molecule has 5 heteroatoms. The lowest BCUT2D eigenvalue weighted by molar-refractivity contribution is 0.0988. The molecule has 0 saturated carbocycles. The van der Waals surface area contributed by atoms with Crippen molar-refractivity contribution in [1.82, 2.24) is 4.98 Å². The molecule has 0 spiro atoms. The van der Waals surface area contributed by atoms with Gasteiger partial charge in [-0.05, 0) is 49.2 Å². The number of carbonyl (C=O) groups excluding carboxylic acids is 1. The molecule has 1 amide bonds. The van der Waals surface area contributed by atoms with Crippen molar-refractivity contribution in [3.63, 3.8) is 0 Å². The van der Waals surface area contributed by atoms with Crippen molar-refractivity contribution < 1.29 is 9.90 Å². The molecule has 0 unspecified atom stereocenters. The third kappa shape index (κ3) is 2.88. The first-order valence-electron chi connectivity index (χ1n) is 7.44. The van der Waals surface area contributed by atoms with Gasteiger partial charge in [0.15, 0.2) is 0 Å². The zero-order valence-electron chi connectivity index (χ0n) is 12.6. The minimum absolute atomic E-state index is 0.160. The second-order valence-electron chi connectivity index (χ2n) is 5.46. The smallest absolute Gasteiger partial charge is 0.276 e. The molecule has 0 bridgehead atoms. The highest BCUT2D eigenvalue weighted by atomic mass is 16.3. The number of pyridine rings is 1. The number of benzene rings is 1. The molecule has 2 heterocycles. The number of nitrogens with zero attached hydrogens (tertiary/aromatic N) is 3. The maximum absolute atomic E-state index is 12.6. The van der Waals surface area contributed by atoms with E-state index >= 15 is 0 Å². The Morgan fingerprint density at radius 2 is 1.82 bits per heavy atom. The van der Waals surface area contributed by atoms with Gasteiger partial charge in [-0.1, -0.05) is 6.07 Å². The second kappa shape index (κ2) is 6.05. The van der Waals surface area contributed by atoms with E-state index in [1.165, 1.54) is 17.7 Å². The van der Waals surface area contributed by atoms with Crippen LogP contribution in [0.15, 0.2) is 42.5 Å². The van der Waals surface area contributed by atoms with Crippen molar-refractivity contribution in [2.45, 2.75) is 12.8 Å². The van der Waals surface area contributed by atoms with Crippen LogP contribution in [0.2, 0.25) is 0 Å². The van der Waals surface area contributed by atoms with Crippen molar-refractivity contribution in [3.05, 3.63) is 48.2 Å². The van der Waals surface area contributed by atoms with Crippen molar-refractivity contribution in [2.75, 3.05) is 29.9 Å².